The normalized spacial score (nSPS) is 44.8. The van der Waals surface area contributed by atoms with Gasteiger partial charge >= 0.3 is 17.9 Å². The van der Waals surface area contributed by atoms with Crippen molar-refractivity contribution in [3.63, 3.8) is 0 Å². The number of hydrogen-bond donors (Lipinski definition) is 1. The Hall–Kier alpha value is -1.97. The molecule has 0 radical (unpaired) electrons. The highest BCUT2D eigenvalue weighted by molar-refractivity contribution is 5.69. The highest BCUT2D eigenvalue weighted by atomic mass is 16.7. The molecular formula is C22H30O9. The third kappa shape index (κ3) is 2.97. The van der Waals surface area contributed by atoms with Crippen LogP contribution in [-0.2, 0) is 38.1 Å². The van der Waals surface area contributed by atoms with Crippen molar-refractivity contribution < 1.29 is 43.2 Å². The van der Waals surface area contributed by atoms with E-state index in [0.717, 1.165) is 5.57 Å². The smallest absolute Gasteiger partial charge is 0.306 e. The van der Waals surface area contributed by atoms with Crippen LogP contribution in [0, 0.1) is 10.8 Å². The lowest BCUT2D eigenvalue weighted by atomic mass is 9.51. The van der Waals surface area contributed by atoms with E-state index in [2.05, 4.69) is 0 Å². The summed E-state index contributed by atoms with van der Waals surface area (Å²) in [7, 11) is 0. The summed E-state index contributed by atoms with van der Waals surface area (Å²) in [6.07, 6.45) is -1.50. The van der Waals surface area contributed by atoms with Crippen LogP contribution in [0.25, 0.3) is 0 Å². The number of epoxide rings is 1. The van der Waals surface area contributed by atoms with E-state index in [0.29, 0.717) is 6.61 Å². The molecule has 2 aliphatic heterocycles. The molecule has 172 valence electrons. The SMILES string of the molecule is CCC(=O)O[C@H]1C[C@@]2(COC(C)=O)[C@@H](C=C1C)O[C@@H]1[C@H](O)[C@@H](OC(C)=O)[C@@]2(C)[C@]12CO2. The molecule has 2 bridgehead atoms. The Balaban J connectivity index is 1.85. The average molecular weight is 438 g/mol. The number of fused-ring (bicyclic) bond motifs is 2. The fourth-order valence-electron chi connectivity index (χ4n) is 5.96. The number of carbonyl (C=O) groups is 3. The van der Waals surface area contributed by atoms with Gasteiger partial charge in [0.15, 0.2) is 0 Å². The second-order valence-electron chi connectivity index (χ2n) is 9.26. The van der Waals surface area contributed by atoms with Crippen molar-refractivity contribution in [1.29, 1.82) is 0 Å². The molecule has 4 rings (SSSR count). The molecule has 9 nitrogen and oxygen atoms in total. The average Bonchev–Trinajstić information content (AvgIpc) is 3.48. The summed E-state index contributed by atoms with van der Waals surface area (Å²) in [5.41, 5.74) is -1.98. The van der Waals surface area contributed by atoms with Crippen molar-refractivity contribution in [2.24, 2.45) is 10.8 Å². The molecule has 2 saturated heterocycles. The number of ether oxygens (including phenoxy) is 5. The third-order valence-electron chi connectivity index (χ3n) is 7.72. The number of carbonyl (C=O) groups excluding carboxylic acids is 3. The molecule has 31 heavy (non-hydrogen) atoms. The van der Waals surface area contributed by atoms with Crippen LogP contribution in [0.3, 0.4) is 0 Å². The van der Waals surface area contributed by atoms with Gasteiger partial charge < -0.3 is 28.8 Å². The second-order valence-corrected chi connectivity index (χ2v) is 9.26. The molecule has 1 spiro atoms. The number of aliphatic hydroxyl groups is 1. The fourth-order valence-corrected chi connectivity index (χ4v) is 5.96. The van der Waals surface area contributed by atoms with E-state index in [1.54, 1.807) is 6.92 Å². The summed E-state index contributed by atoms with van der Waals surface area (Å²) in [6, 6.07) is 0. The highest BCUT2D eigenvalue weighted by Crippen LogP contribution is 2.72. The van der Waals surface area contributed by atoms with Gasteiger partial charge in [-0.2, -0.15) is 0 Å². The van der Waals surface area contributed by atoms with Crippen LogP contribution in [0.4, 0.5) is 0 Å². The predicted octanol–water partition coefficient (Wildman–Crippen LogP) is 1.06. The molecule has 8 atom stereocenters. The highest BCUT2D eigenvalue weighted by Gasteiger charge is 2.86. The van der Waals surface area contributed by atoms with Crippen molar-refractivity contribution in [1.82, 2.24) is 0 Å². The Labute approximate surface area is 181 Å². The Morgan fingerprint density at radius 1 is 1.23 bits per heavy atom. The number of esters is 3. The lowest BCUT2D eigenvalue weighted by Gasteiger charge is -2.58. The van der Waals surface area contributed by atoms with Gasteiger partial charge in [0.1, 0.15) is 36.6 Å². The van der Waals surface area contributed by atoms with Gasteiger partial charge in [-0.05, 0) is 12.5 Å². The van der Waals surface area contributed by atoms with E-state index in [-0.39, 0.29) is 25.4 Å². The fraction of sp³-hybridized carbons (Fsp3) is 0.773. The first kappa shape index (κ1) is 22.2. The van der Waals surface area contributed by atoms with Gasteiger partial charge in [0.2, 0.25) is 0 Å². The third-order valence-corrected chi connectivity index (χ3v) is 7.72. The van der Waals surface area contributed by atoms with E-state index in [1.807, 2.05) is 19.9 Å². The Morgan fingerprint density at radius 3 is 2.45 bits per heavy atom. The molecule has 1 N–H and O–H groups in total. The molecular weight excluding hydrogens is 408 g/mol. The van der Waals surface area contributed by atoms with Gasteiger partial charge in [0, 0.05) is 26.7 Å². The van der Waals surface area contributed by atoms with Gasteiger partial charge in [0.05, 0.1) is 23.5 Å². The van der Waals surface area contributed by atoms with E-state index < -0.39 is 58.9 Å². The van der Waals surface area contributed by atoms with Crippen molar-refractivity contribution >= 4 is 17.9 Å². The topological polar surface area (TPSA) is 121 Å². The first-order valence-corrected chi connectivity index (χ1v) is 10.7. The van der Waals surface area contributed by atoms with E-state index in [9.17, 15) is 19.5 Å². The lowest BCUT2D eigenvalue weighted by molar-refractivity contribution is -0.241. The molecule has 0 aromatic rings. The van der Waals surface area contributed by atoms with Gasteiger partial charge in [-0.1, -0.05) is 19.9 Å². The minimum absolute atomic E-state index is 0.0598. The molecule has 0 aromatic heterocycles. The van der Waals surface area contributed by atoms with Gasteiger partial charge in [-0.3, -0.25) is 14.4 Å². The molecule has 2 aliphatic carbocycles. The monoisotopic (exact) mass is 438 g/mol. The Morgan fingerprint density at radius 2 is 1.90 bits per heavy atom. The van der Waals surface area contributed by atoms with Crippen molar-refractivity contribution in [3.05, 3.63) is 11.6 Å². The van der Waals surface area contributed by atoms with Crippen LogP contribution in [0.5, 0.6) is 0 Å². The maximum absolute atomic E-state index is 12.1. The van der Waals surface area contributed by atoms with E-state index in [4.69, 9.17) is 23.7 Å². The van der Waals surface area contributed by atoms with Gasteiger partial charge in [0.25, 0.3) is 0 Å². The first-order valence-electron chi connectivity index (χ1n) is 10.7. The molecule has 3 fully saturated rings. The summed E-state index contributed by atoms with van der Waals surface area (Å²) in [5.74, 6) is -1.36. The zero-order valence-electron chi connectivity index (χ0n) is 18.5. The zero-order valence-corrected chi connectivity index (χ0v) is 18.5. The summed E-state index contributed by atoms with van der Waals surface area (Å²) in [5, 5.41) is 11.1. The minimum atomic E-state index is -1.11. The summed E-state index contributed by atoms with van der Waals surface area (Å²) >= 11 is 0. The molecule has 9 heteroatoms. The van der Waals surface area contributed by atoms with Crippen molar-refractivity contribution in [2.45, 2.75) is 83.6 Å². The minimum Gasteiger partial charge on any atom is -0.465 e. The van der Waals surface area contributed by atoms with E-state index >= 15 is 0 Å². The maximum atomic E-state index is 12.1. The molecule has 4 aliphatic rings. The molecule has 1 saturated carbocycles. The largest absolute Gasteiger partial charge is 0.465 e. The van der Waals surface area contributed by atoms with E-state index in [1.165, 1.54) is 13.8 Å². The number of rotatable bonds is 5. The second kappa shape index (κ2) is 7.28. The lowest BCUT2D eigenvalue weighted by Crippen LogP contribution is -2.68. The van der Waals surface area contributed by atoms with Crippen LogP contribution in [0.1, 0.15) is 47.5 Å². The predicted molar refractivity (Wildman–Crippen MR) is 105 cm³/mol. The molecule has 2 heterocycles. The molecule has 0 aromatic carbocycles. The quantitative estimate of drug-likeness (QED) is 0.291. The maximum Gasteiger partial charge on any atom is 0.306 e. The number of aliphatic hydroxyl groups excluding tert-OH is 1. The summed E-state index contributed by atoms with van der Waals surface area (Å²) in [4.78, 5) is 35.9. The van der Waals surface area contributed by atoms with Crippen molar-refractivity contribution in [2.75, 3.05) is 13.2 Å². The Bertz CT molecular complexity index is 831. The summed E-state index contributed by atoms with van der Waals surface area (Å²) < 4.78 is 29.1. The van der Waals surface area contributed by atoms with Crippen LogP contribution in [0.15, 0.2) is 11.6 Å². The first-order chi connectivity index (χ1) is 14.5. The molecule has 0 amide bonds. The summed E-state index contributed by atoms with van der Waals surface area (Å²) in [6.45, 7) is 8.32. The Kier molecular flexibility index (Phi) is 5.22. The van der Waals surface area contributed by atoms with Gasteiger partial charge in [-0.15, -0.1) is 0 Å². The van der Waals surface area contributed by atoms with Gasteiger partial charge in [-0.25, -0.2) is 0 Å². The zero-order chi connectivity index (χ0) is 22.8. The standard InChI is InChI=1S/C22H30O9/c1-6-16(25)30-14-8-21(9-27-12(3)23)15(7-11(14)2)31-19-17(26)18(29-13(4)24)20(21,5)22(19)10-28-22/h7,14-15,17-19,26H,6,8-10H2,1-5H3/t14-,15+,17+,18+,19+,20+,21+,22-/m0/s1. The number of hydrogen-bond acceptors (Lipinski definition) is 9. The van der Waals surface area contributed by atoms with Crippen LogP contribution < -0.4 is 0 Å². The van der Waals surface area contributed by atoms with Crippen LogP contribution in [0.2, 0.25) is 0 Å². The van der Waals surface area contributed by atoms with Crippen molar-refractivity contribution in [3.8, 4) is 0 Å². The van der Waals surface area contributed by atoms with Crippen LogP contribution in [-0.4, -0.2) is 72.3 Å². The molecule has 0 unspecified atom stereocenters. The van der Waals surface area contributed by atoms with Crippen LogP contribution >= 0.6 is 0 Å².